The lowest BCUT2D eigenvalue weighted by Gasteiger charge is -2.28. The molecule has 1 unspecified atom stereocenters. The second-order valence-corrected chi connectivity index (χ2v) is 5.65. The third-order valence-electron chi connectivity index (χ3n) is 3.60. The van der Waals surface area contributed by atoms with Crippen molar-refractivity contribution < 1.29 is 9.90 Å². The Labute approximate surface area is 107 Å². The van der Waals surface area contributed by atoms with E-state index in [1.807, 2.05) is 0 Å². The molecule has 0 aliphatic heterocycles. The minimum Gasteiger partial charge on any atom is -0.481 e. The number of hydrogen-bond acceptors (Lipinski definition) is 1. The molecule has 0 fully saturated rings. The Hall–Kier alpha value is -0.530. The highest BCUT2D eigenvalue weighted by Crippen LogP contribution is 2.34. The fourth-order valence-corrected chi connectivity index (χ4v) is 2.45. The topological polar surface area (TPSA) is 37.3 Å². The van der Waals surface area contributed by atoms with Crippen LogP contribution in [0.15, 0.2) is 0 Å². The molecule has 0 radical (unpaired) electrons. The summed E-state index contributed by atoms with van der Waals surface area (Å²) in [4.78, 5) is 10.9. The third-order valence-corrected chi connectivity index (χ3v) is 3.60. The van der Waals surface area contributed by atoms with E-state index < -0.39 is 5.97 Å². The summed E-state index contributed by atoms with van der Waals surface area (Å²) in [6, 6.07) is 0. The van der Waals surface area contributed by atoms with E-state index in [1.165, 1.54) is 44.9 Å². The second kappa shape index (κ2) is 9.49. The van der Waals surface area contributed by atoms with E-state index in [-0.39, 0.29) is 5.41 Å². The lowest BCUT2D eigenvalue weighted by molar-refractivity contribution is -0.139. The van der Waals surface area contributed by atoms with E-state index in [2.05, 4.69) is 20.8 Å². The van der Waals surface area contributed by atoms with Crippen molar-refractivity contribution in [2.45, 2.75) is 85.0 Å². The first-order chi connectivity index (χ1) is 8.04. The summed E-state index contributed by atoms with van der Waals surface area (Å²) in [5.41, 5.74) is 0.0226. The van der Waals surface area contributed by atoms with E-state index in [1.54, 1.807) is 0 Å². The van der Waals surface area contributed by atoms with Crippen LogP contribution in [-0.2, 0) is 4.79 Å². The van der Waals surface area contributed by atoms with Crippen molar-refractivity contribution >= 4 is 5.97 Å². The van der Waals surface area contributed by atoms with Gasteiger partial charge in [-0.25, -0.2) is 0 Å². The highest BCUT2D eigenvalue weighted by atomic mass is 16.4. The lowest BCUT2D eigenvalue weighted by Crippen LogP contribution is -2.21. The number of carboxylic acids is 1. The van der Waals surface area contributed by atoms with Crippen LogP contribution in [0.25, 0.3) is 0 Å². The van der Waals surface area contributed by atoms with Crippen molar-refractivity contribution in [3.63, 3.8) is 0 Å². The van der Waals surface area contributed by atoms with Gasteiger partial charge >= 0.3 is 5.97 Å². The summed E-state index contributed by atoms with van der Waals surface area (Å²) in [6.45, 7) is 6.55. The molecule has 0 aliphatic rings. The van der Waals surface area contributed by atoms with Gasteiger partial charge < -0.3 is 5.11 Å². The van der Waals surface area contributed by atoms with Gasteiger partial charge in [-0.2, -0.15) is 0 Å². The first-order valence-corrected chi connectivity index (χ1v) is 7.26. The van der Waals surface area contributed by atoms with Crippen LogP contribution in [0.1, 0.15) is 85.0 Å². The van der Waals surface area contributed by atoms with Crippen LogP contribution < -0.4 is 0 Å². The van der Waals surface area contributed by atoms with E-state index in [9.17, 15) is 4.79 Å². The van der Waals surface area contributed by atoms with Crippen molar-refractivity contribution in [3.8, 4) is 0 Å². The van der Waals surface area contributed by atoms with Gasteiger partial charge in [-0.05, 0) is 18.3 Å². The lowest BCUT2D eigenvalue weighted by atomic mass is 9.77. The standard InChI is InChI=1S/C15H30O2/c1-4-6-8-10-12-15(3,13-14(16)17)11-9-7-5-2/h4-13H2,1-3H3,(H,16,17). The quantitative estimate of drug-likeness (QED) is 0.517. The molecule has 0 rings (SSSR count). The molecule has 17 heavy (non-hydrogen) atoms. The molecular weight excluding hydrogens is 212 g/mol. The molecule has 0 amide bonds. The maximum atomic E-state index is 10.9. The van der Waals surface area contributed by atoms with Crippen LogP contribution >= 0.6 is 0 Å². The summed E-state index contributed by atoms with van der Waals surface area (Å²) in [5.74, 6) is -0.639. The van der Waals surface area contributed by atoms with Gasteiger partial charge in [0.25, 0.3) is 0 Å². The summed E-state index contributed by atoms with van der Waals surface area (Å²) >= 11 is 0. The summed E-state index contributed by atoms with van der Waals surface area (Å²) in [6.07, 6.45) is 11.0. The zero-order chi connectivity index (χ0) is 13.1. The van der Waals surface area contributed by atoms with Crippen molar-refractivity contribution in [1.82, 2.24) is 0 Å². The van der Waals surface area contributed by atoms with Gasteiger partial charge in [0.05, 0.1) is 6.42 Å². The first-order valence-electron chi connectivity index (χ1n) is 7.26. The van der Waals surface area contributed by atoms with E-state index in [0.717, 1.165) is 12.8 Å². The largest absolute Gasteiger partial charge is 0.481 e. The van der Waals surface area contributed by atoms with Gasteiger partial charge in [0.1, 0.15) is 0 Å². The van der Waals surface area contributed by atoms with Gasteiger partial charge in [0.2, 0.25) is 0 Å². The molecule has 0 aromatic carbocycles. The highest BCUT2D eigenvalue weighted by Gasteiger charge is 2.26. The van der Waals surface area contributed by atoms with E-state index >= 15 is 0 Å². The Morgan fingerprint density at radius 3 is 1.88 bits per heavy atom. The summed E-state index contributed by atoms with van der Waals surface area (Å²) in [5, 5.41) is 9.01. The zero-order valence-corrected chi connectivity index (χ0v) is 11.9. The average molecular weight is 242 g/mol. The molecule has 0 aromatic rings. The Balaban J connectivity index is 4.04. The molecule has 0 saturated carbocycles. The van der Waals surface area contributed by atoms with Crippen molar-refractivity contribution in [2.24, 2.45) is 5.41 Å². The molecular formula is C15H30O2. The van der Waals surface area contributed by atoms with Gasteiger partial charge in [-0.3, -0.25) is 4.79 Å². The van der Waals surface area contributed by atoms with E-state index in [0.29, 0.717) is 6.42 Å². The Bertz CT molecular complexity index is 201. The van der Waals surface area contributed by atoms with Crippen LogP contribution in [0, 0.1) is 5.41 Å². The third kappa shape index (κ3) is 9.20. The SMILES string of the molecule is CCCCCCC(C)(CCCCC)CC(=O)O. The maximum absolute atomic E-state index is 10.9. The Morgan fingerprint density at radius 2 is 1.41 bits per heavy atom. The molecule has 102 valence electrons. The summed E-state index contributed by atoms with van der Waals surface area (Å²) < 4.78 is 0. The maximum Gasteiger partial charge on any atom is 0.303 e. The molecule has 2 heteroatoms. The Morgan fingerprint density at radius 1 is 0.941 bits per heavy atom. The van der Waals surface area contributed by atoms with Crippen LogP contribution in [0.2, 0.25) is 0 Å². The normalized spacial score (nSPS) is 14.5. The number of aliphatic carboxylic acids is 1. The van der Waals surface area contributed by atoms with Crippen molar-refractivity contribution in [1.29, 1.82) is 0 Å². The van der Waals surface area contributed by atoms with Gasteiger partial charge in [-0.1, -0.05) is 65.7 Å². The molecule has 2 nitrogen and oxygen atoms in total. The molecule has 1 atom stereocenters. The molecule has 0 spiro atoms. The fourth-order valence-electron chi connectivity index (χ4n) is 2.45. The van der Waals surface area contributed by atoms with Gasteiger partial charge in [0.15, 0.2) is 0 Å². The molecule has 0 aliphatic carbocycles. The van der Waals surface area contributed by atoms with Crippen molar-refractivity contribution in [2.75, 3.05) is 0 Å². The average Bonchev–Trinajstić information content (AvgIpc) is 2.24. The minimum absolute atomic E-state index is 0.0226. The predicted molar refractivity (Wildman–Crippen MR) is 73.3 cm³/mol. The van der Waals surface area contributed by atoms with E-state index in [4.69, 9.17) is 5.11 Å². The smallest absolute Gasteiger partial charge is 0.303 e. The number of carbonyl (C=O) groups is 1. The molecule has 0 saturated heterocycles. The van der Waals surface area contributed by atoms with Crippen LogP contribution in [0.5, 0.6) is 0 Å². The monoisotopic (exact) mass is 242 g/mol. The number of unbranched alkanes of at least 4 members (excludes halogenated alkanes) is 5. The molecule has 1 N–H and O–H groups in total. The van der Waals surface area contributed by atoms with Gasteiger partial charge in [0, 0.05) is 0 Å². The number of carboxylic acid groups (broad SMARTS) is 1. The van der Waals surface area contributed by atoms with Crippen LogP contribution in [0.3, 0.4) is 0 Å². The number of rotatable bonds is 11. The highest BCUT2D eigenvalue weighted by molar-refractivity contribution is 5.67. The fraction of sp³-hybridized carbons (Fsp3) is 0.933. The summed E-state index contributed by atoms with van der Waals surface area (Å²) in [7, 11) is 0. The molecule has 0 aromatic heterocycles. The number of hydrogen-bond donors (Lipinski definition) is 1. The van der Waals surface area contributed by atoms with Crippen LogP contribution in [0.4, 0.5) is 0 Å². The first kappa shape index (κ1) is 16.5. The zero-order valence-electron chi connectivity index (χ0n) is 11.9. The molecule has 0 heterocycles. The Kier molecular flexibility index (Phi) is 9.20. The van der Waals surface area contributed by atoms with Crippen molar-refractivity contribution in [3.05, 3.63) is 0 Å². The van der Waals surface area contributed by atoms with Gasteiger partial charge in [-0.15, -0.1) is 0 Å². The molecule has 0 bridgehead atoms. The van der Waals surface area contributed by atoms with Crippen LogP contribution in [-0.4, -0.2) is 11.1 Å². The second-order valence-electron chi connectivity index (χ2n) is 5.65. The minimum atomic E-state index is -0.639. The predicted octanol–water partition coefficient (Wildman–Crippen LogP) is 5.02.